The monoisotopic (exact) mass is 462 g/mol. The first kappa shape index (κ1) is 20.4. The quantitative estimate of drug-likeness (QED) is 0.388. The van der Waals surface area contributed by atoms with Gasteiger partial charge in [0.2, 0.25) is 11.7 Å². The maximum Gasteiger partial charge on any atom is 0.263 e. The molecular weight excluding hydrogens is 444 g/mol. The normalized spacial score (nSPS) is 11.3. The van der Waals surface area contributed by atoms with E-state index in [2.05, 4.69) is 20.5 Å². The van der Waals surface area contributed by atoms with Crippen LogP contribution in [0.5, 0.6) is 0 Å². The van der Waals surface area contributed by atoms with Gasteiger partial charge >= 0.3 is 0 Å². The zero-order valence-corrected chi connectivity index (χ0v) is 18.7. The van der Waals surface area contributed by atoms with Gasteiger partial charge in [0.1, 0.15) is 0 Å². The van der Waals surface area contributed by atoms with Crippen molar-refractivity contribution in [3.05, 3.63) is 81.6 Å². The summed E-state index contributed by atoms with van der Waals surface area (Å²) in [5.74, 6) is 0.407. The SMILES string of the molecule is Cc1csc(NC(=O)CSc2nnc3n(Cc4ccccc4)c(=O)c4ccccc4n23)n1. The number of benzene rings is 2. The van der Waals surface area contributed by atoms with Crippen molar-refractivity contribution >= 4 is 50.8 Å². The van der Waals surface area contributed by atoms with E-state index >= 15 is 0 Å². The lowest BCUT2D eigenvalue weighted by atomic mass is 10.2. The number of thioether (sulfide) groups is 1. The number of carbonyl (C=O) groups is 1. The van der Waals surface area contributed by atoms with Gasteiger partial charge in [-0.25, -0.2) is 4.98 Å². The maximum atomic E-state index is 13.2. The van der Waals surface area contributed by atoms with E-state index in [-0.39, 0.29) is 17.2 Å². The van der Waals surface area contributed by atoms with Crippen molar-refractivity contribution in [1.29, 1.82) is 0 Å². The zero-order valence-electron chi connectivity index (χ0n) is 17.1. The summed E-state index contributed by atoms with van der Waals surface area (Å²) in [7, 11) is 0. The van der Waals surface area contributed by atoms with Crippen LogP contribution in [0, 0.1) is 6.92 Å². The number of carbonyl (C=O) groups excluding carboxylic acids is 1. The van der Waals surface area contributed by atoms with Gasteiger partial charge < -0.3 is 5.32 Å². The number of anilines is 1. The fourth-order valence-electron chi connectivity index (χ4n) is 3.43. The molecule has 0 saturated carbocycles. The van der Waals surface area contributed by atoms with Crippen LogP contribution in [0.1, 0.15) is 11.3 Å². The molecule has 0 atom stereocenters. The third-order valence-corrected chi connectivity index (χ3v) is 6.66. The summed E-state index contributed by atoms with van der Waals surface area (Å²) in [6.07, 6.45) is 0. The van der Waals surface area contributed by atoms with E-state index in [4.69, 9.17) is 0 Å². The molecule has 5 rings (SSSR count). The Balaban J connectivity index is 1.52. The summed E-state index contributed by atoms with van der Waals surface area (Å²) in [6.45, 7) is 2.25. The lowest BCUT2D eigenvalue weighted by Gasteiger charge is -2.11. The van der Waals surface area contributed by atoms with Crippen molar-refractivity contribution in [3.8, 4) is 0 Å². The van der Waals surface area contributed by atoms with Gasteiger partial charge in [0.05, 0.1) is 28.9 Å². The molecule has 160 valence electrons. The van der Waals surface area contributed by atoms with Crippen LogP contribution in [0.2, 0.25) is 0 Å². The summed E-state index contributed by atoms with van der Waals surface area (Å²) < 4.78 is 3.46. The minimum Gasteiger partial charge on any atom is -0.301 e. The highest BCUT2D eigenvalue weighted by Crippen LogP contribution is 2.23. The van der Waals surface area contributed by atoms with Crippen molar-refractivity contribution < 1.29 is 4.79 Å². The highest BCUT2D eigenvalue weighted by molar-refractivity contribution is 7.99. The summed E-state index contributed by atoms with van der Waals surface area (Å²) in [6, 6.07) is 17.1. The molecule has 10 heteroatoms. The number of fused-ring (bicyclic) bond motifs is 3. The molecular formula is C22H18N6O2S2. The molecule has 3 aromatic heterocycles. The second-order valence-corrected chi connectivity index (χ2v) is 8.94. The van der Waals surface area contributed by atoms with E-state index in [9.17, 15) is 9.59 Å². The Morgan fingerprint density at radius 1 is 1.09 bits per heavy atom. The van der Waals surface area contributed by atoms with Crippen LogP contribution in [-0.4, -0.2) is 35.8 Å². The minimum atomic E-state index is -0.178. The molecule has 2 aromatic carbocycles. The van der Waals surface area contributed by atoms with Gasteiger partial charge in [0.25, 0.3) is 5.56 Å². The average Bonchev–Trinajstić information content (AvgIpc) is 3.42. The number of hydrogen-bond acceptors (Lipinski definition) is 7. The van der Waals surface area contributed by atoms with E-state index in [1.165, 1.54) is 23.1 Å². The second kappa shape index (κ2) is 8.56. The van der Waals surface area contributed by atoms with Crippen LogP contribution in [0.3, 0.4) is 0 Å². The topological polar surface area (TPSA) is 94.2 Å². The lowest BCUT2D eigenvalue weighted by molar-refractivity contribution is -0.113. The van der Waals surface area contributed by atoms with E-state index in [0.29, 0.717) is 33.5 Å². The van der Waals surface area contributed by atoms with Gasteiger partial charge in [-0.1, -0.05) is 54.2 Å². The van der Waals surface area contributed by atoms with Crippen molar-refractivity contribution in [2.45, 2.75) is 18.6 Å². The Kier molecular flexibility index (Phi) is 5.46. The summed E-state index contributed by atoms with van der Waals surface area (Å²) in [5.41, 5.74) is 2.43. The first-order chi connectivity index (χ1) is 15.6. The molecule has 0 unspecified atom stereocenters. The van der Waals surface area contributed by atoms with Crippen LogP contribution in [0.25, 0.3) is 16.7 Å². The van der Waals surface area contributed by atoms with Crippen LogP contribution in [-0.2, 0) is 11.3 Å². The Morgan fingerprint density at radius 2 is 1.88 bits per heavy atom. The smallest absolute Gasteiger partial charge is 0.263 e. The minimum absolute atomic E-state index is 0.127. The summed E-state index contributed by atoms with van der Waals surface area (Å²) in [4.78, 5) is 29.9. The summed E-state index contributed by atoms with van der Waals surface area (Å²) >= 11 is 2.65. The van der Waals surface area contributed by atoms with E-state index < -0.39 is 0 Å². The lowest BCUT2D eigenvalue weighted by Crippen LogP contribution is -2.24. The first-order valence-corrected chi connectivity index (χ1v) is 11.7. The van der Waals surface area contributed by atoms with Gasteiger partial charge in [-0.3, -0.25) is 18.6 Å². The predicted molar refractivity (Wildman–Crippen MR) is 127 cm³/mol. The Bertz CT molecular complexity index is 1490. The number of para-hydroxylation sites is 1. The fourth-order valence-corrected chi connectivity index (χ4v) is 4.88. The average molecular weight is 463 g/mol. The molecule has 0 bridgehead atoms. The van der Waals surface area contributed by atoms with E-state index in [1.54, 1.807) is 10.6 Å². The highest BCUT2D eigenvalue weighted by Gasteiger charge is 2.18. The van der Waals surface area contributed by atoms with Gasteiger partial charge in [0.15, 0.2) is 10.3 Å². The predicted octanol–water partition coefficient (Wildman–Crippen LogP) is 3.59. The molecule has 5 aromatic rings. The number of aryl methyl sites for hydroxylation is 1. The van der Waals surface area contributed by atoms with E-state index in [0.717, 1.165) is 11.3 Å². The standard InChI is InChI=1S/C22H18N6O2S2/c1-14-12-31-20(23-14)24-18(29)13-32-22-26-25-21-27(11-15-7-3-2-4-8-15)19(30)16-9-5-6-10-17(16)28(21)22/h2-10,12H,11,13H2,1H3,(H,23,24,29). The molecule has 8 nitrogen and oxygen atoms in total. The molecule has 3 heterocycles. The molecule has 0 fully saturated rings. The fraction of sp³-hybridized carbons (Fsp3) is 0.136. The van der Waals surface area contributed by atoms with Gasteiger partial charge in [-0.2, -0.15) is 0 Å². The Labute approximate surface area is 190 Å². The van der Waals surface area contributed by atoms with Crippen LogP contribution in [0.15, 0.2) is 69.9 Å². The molecule has 0 aliphatic carbocycles. The summed E-state index contributed by atoms with van der Waals surface area (Å²) in [5, 5.41) is 15.0. The number of nitrogens with one attached hydrogen (secondary N) is 1. The Hall–Kier alpha value is -3.50. The third kappa shape index (κ3) is 3.90. The largest absolute Gasteiger partial charge is 0.301 e. The number of amides is 1. The number of hydrogen-bond donors (Lipinski definition) is 1. The van der Waals surface area contributed by atoms with Gasteiger partial charge in [0, 0.05) is 5.38 Å². The van der Waals surface area contributed by atoms with E-state index in [1.807, 2.05) is 65.2 Å². The zero-order chi connectivity index (χ0) is 22.1. The first-order valence-electron chi connectivity index (χ1n) is 9.85. The maximum absolute atomic E-state index is 13.2. The molecule has 0 aliphatic rings. The molecule has 0 saturated heterocycles. The van der Waals surface area contributed by atoms with Crippen LogP contribution < -0.4 is 10.9 Å². The number of rotatable bonds is 6. The Morgan fingerprint density at radius 3 is 2.66 bits per heavy atom. The molecule has 0 spiro atoms. The van der Waals surface area contributed by atoms with Crippen molar-refractivity contribution in [2.75, 3.05) is 11.1 Å². The van der Waals surface area contributed by atoms with Gasteiger partial charge in [-0.05, 0) is 24.6 Å². The van der Waals surface area contributed by atoms with Crippen molar-refractivity contribution in [2.24, 2.45) is 0 Å². The van der Waals surface area contributed by atoms with Gasteiger partial charge in [-0.15, -0.1) is 21.5 Å². The van der Waals surface area contributed by atoms with Crippen LogP contribution >= 0.6 is 23.1 Å². The van der Waals surface area contributed by atoms with Crippen molar-refractivity contribution in [3.63, 3.8) is 0 Å². The van der Waals surface area contributed by atoms with Crippen molar-refractivity contribution in [1.82, 2.24) is 24.1 Å². The third-order valence-electron chi connectivity index (χ3n) is 4.86. The van der Waals surface area contributed by atoms with Crippen LogP contribution in [0.4, 0.5) is 5.13 Å². The highest BCUT2D eigenvalue weighted by atomic mass is 32.2. The molecule has 0 aliphatic heterocycles. The molecule has 1 amide bonds. The molecule has 32 heavy (non-hydrogen) atoms. The molecule has 1 N–H and O–H groups in total. The molecule has 0 radical (unpaired) electrons. The number of aromatic nitrogens is 5. The number of nitrogens with zero attached hydrogens (tertiary/aromatic N) is 5. The number of thiazole rings is 1. The second-order valence-electron chi connectivity index (χ2n) is 7.14.